The Bertz CT molecular complexity index is 4120. The van der Waals surface area contributed by atoms with Gasteiger partial charge < -0.3 is 23.5 Å². The van der Waals surface area contributed by atoms with Crippen LogP contribution >= 0.6 is 11.8 Å². The van der Waals surface area contributed by atoms with E-state index in [0.717, 1.165) is 84.0 Å². The van der Waals surface area contributed by atoms with Crippen molar-refractivity contribution in [3.05, 3.63) is 212 Å². The third-order valence-corrected chi connectivity index (χ3v) is 16.1. The molecular weight excluding hydrogens is 848 g/mol. The van der Waals surface area contributed by atoms with Crippen LogP contribution in [-0.2, 0) is 0 Å². The molecule has 0 unspecified atom stereocenters. The maximum absolute atomic E-state index is 6.93. The van der Waals surface area contributed by atoms with Gasteiger partial charge in [-0.2, -0.15) is 0 Å². The van der Waals surface area contributed by atoms with E-state index >= 15 is 0 Å². The van der Waals surface area contributed by atoms with Crippen molar-refractivity contribution >= 4 is 153 Å². The molecule has 8 heteroatoms. The minimum atomic E-state index is -0.103. The Morgan fingerprint density at radius 1 is 0.338 bits per heavy atom. The van der Waals surface area contributed by atoms with Gasteiger partial charge >= 0.3 is 0 Å². The predicted molar refractivity (Wildman–Crippen MR) is 285 cm³/mol. The smallest absolute Gasteiger partial charge is 0.252 e. The molecule has 0 atom stereocenters. The minimum absolute atomic E-state index is 0.0400. The molecule has 0 saturated carbocycles. The molecule has 5 nitrogen and oxygen atoms in total. The zero-order valence-electron chi connectivity index (χ0n) is 36.4. The zero-order valence-corrected chi connectivity index (χ0v) is 37.2. The lowest BCUT2D eigenvalue weighted by Gasteiger charge is -2.46. The van der Waals surface area contributed by atoms with E-state index in [1.54, 1.807) is 0 Å². The lowest BCUT2D eigenvalue weighted by Crippen LogP contribution is -2.64. The van der Waals surface area contributed by atoms with Crippen molar-refractivity contribution in [2.45, 2.75) is 9.79 Å². The van der Waals surface area contributed by atoms with Crippen LogP contribution in [-0.4, -0.2) is 13.4 Å². The first-order valence-electron chi connectivity index (χ1n) is 23.3. The van der Waals surface area contributed by atoms with E-state index < -0.39 is 0 Å². The number of para-hydroxylation sites is 6. The van der Waals surface area contributed by atoms with Crippen LogP contribution < -0.4 is 47.5 Å². The van der Waals surface area contributed by atoms with Crippen molar-refractivity contribution in [3.63, 3.8) is 0 Å². The average Bonchev–Trinajstić information content (AvgIpc) is 3.97. The van der Waals surface area contributed by atoms with Gasteiger partial charge in [-0.25, -0.2) is 0 Å². The van der Waals surface area contributed by atoms with Gasteiger partial charge in [-0.1, -0.05) is 151 Å². The van der Waals surface area contributed by atoms with E-state index in [9.17, 15) is 0 Å². The Morgan fingerprint density at radius 2 is 0.824 bits per heavy atom. The Balaban J connectivity index is 1.08. The molecule has 0 saturated heterocycles. The number of furan rings is 2. The van der Waals surface area contributed by atoms with Gasteiger partial charge in [0, 0.05) is 83.6 Å². The zero-order chi connectivity index (χ0) is 44.2. The molecular formula is C60H35B2N3O2S. The second-order valence-corrected chi connectivity index (χ2v) is 19.3. The summed E-state index contributed by atoms with van der Waals surface area (Å²) in [5.41, 5.74) is 21.5. The first-order chi connectivity index (χ1) is 33.8. The molecule has 10 aromatic carbocycles. The SMILES string of the molecule is c1ccc(N2c3cc4c(cc3B3c5ccccc5Sc5c3c2cc2oc3ccccc3c52)B2c3ccccc3N(c3ccccc3)c3cc5oc6ccccc6c5c(c32)N4c2ccccc2)cc1. The number of hydrogen-bond acceptors (Lipinski definition) is 6. The third kappa shape index (κ3) is 4.84. The fourth-order valence-corrected chi connectivity index (χ4v) is 13.5. The van der Waals surface area contributed by atoms with Gasteiger partial charge in [-0.05, 0) is 94.0 Å². The molecule has 314 valence electrons. The van der Waals surface area contributed by atoms with Crippen LogP contribution in [0.25, 0.3) is 43.9 Å². The number of fused-ring (bicyclic) bond motifs is 16. The van der Waals surface area contributed by atoms with Crippen molar-refractivity contribution < 1.29 is 8.83 Å². The third-order valence-electron chi connectivity index (χ3n) is 14.8. The van der Waals surface area contributed by atoms with E-state index in [1.165, 1.54) is 53.6 Å². The standard InChI is InChI=1S/C60H35B2N3O2S/c1-4-18-36(19-5-1)63-45-28-14-12-26-41(45)61-44-32-43-46(33-47(44)65(38-22-8-3-9-23-38)59-55-39-24-10-15-29-50(39)66-52(55)34-48(63)57(59)61)64(37-20-6-2-7-21-37)49-35-53-56(40-25-11-16-30-51(40)67-53)60-58(49)62(43)42-27-13-17-31-54(42)68-60/h1-35H. The largest absolute Gasteiger partial charge is 0.456 e. The number of rotatable bonds is 3. The predicted octanol–water partition coefficient (Wildman–Crippen LogP) is 12.3. The summed E-state index contributed by atoms with van der Waals surface area (Å²) >= 11 is 1.89. The summed E-state index contributed by atoms with van der Waals surface area (Å²) in [6, 6.07) is 77.6. The molecule has 16 rings (SSSR count). The first kappa shape index (κ1) is 36.8. The van der Waals surface area contributed by atoms with Gasteiger partial charge in [0.1, 0.15) is 22.3 Å². The molecule has 4 aliphatic rings. The van der Waals surface area contributed by atoms with Crippen LogP contribution in [0.1, 0.15) is 0 Å². The highest BCUT2D eigenvalue weighted by molar-refractivity contribution is 8.00. The number of nitrogens with zero attached hydrogens (tertiary/aromatic N) is 3. The molecule has 0 bridgehead atoms. The Labute approximate surface area is 396 Å². The van der Waals surface area contributed by atoms with Gasteiger partial charge in [0.05, 0.1) is 11.1 Å². The molecule has 2 aromatic heterocycles. The maximum atomic E-state index is 6.93. The van der Waals surface area contributed by atoms with Crippen molar-refractivity contribution in [2.75, 3.05) is 14.7 Å². The fraction of sp³-hybridized carbons (Fsp3) is 0. The quantitative estimate of drug-likeness (QED) is 0.165. The lowest BCUT2D eigenvalue weighted by molar-refractivity contribution is 0.668. The van der Waals surface area contributed by atoms with E-state index in [-0.39, 0.29) is 13.4 Å². The molecule has 0 spiro atoms. The Hall–Kier alpha value is -8.32. The maximum Gasteiger partial charge on any atom is 0.252 e. The molecule has 0 radical (unpaired) electrons. The van der Waals surface area contributed by atoms with Crippen LogP contribution in [0.4, 0.5) is 51.2 Å². The average molecular weight is 884 g/mol. The minimum Gasteiger partial charge on any atom is -0.456 e. The van der Waals surface area contributed by atoms with Crippen LogP contribution in [0.2, 0.25) is 0 Å². The summed E-state index contributed by atoms with van der Waals surface area (Å²) in [5.74, 6) is 0. The molecule has 12 aromatic rings. The van der Waals surface area contributed by atoms with Crippen LogP contribution in [0.15, 0.2) is 231 Å². The molecule has 4 aliphatic heterocycles. The highest BCUT2D eigenvalue weighted by Crippen LogP contribution is 2.52. The van der Waals surface area contributed by atoms with Crippen molar-refractivity contribution in [1.29, 1.82) is 0 Å². The molecule has 0 N–H and O–H groups in total. The van der Waals surface area contributed by atoms with Gasteiger partial charge in [-0.15, -0.1) is 0 Å². The molecule has 0 fully saturated rings. The number of hydrogen-bond donors (Lipinski definition) is 0. The van der Waals surface area contributed by atoms with Crippen LogP contribution in [0.5, 0.6) is 0 Å². The van der Waals surface area contributed by atoms with Crippen LogP contribution in [0, 0.1) is 0 Å². The van der Waals surface area contributed by atoms with Gasteiger partial charge in [0.15, 0.2) is 0 Å². The van der Waals surface area contributed by atoms with Crippen LogP contribution in [0.3, 0.4) is 0 Å². The highest BCUT2D eigenvalue weighted by Gasteiger charge is 2.48. The van der Waals surface area contributed by atoms with E-state index in [4.69, 9.17) is 8.83 Å². The van der Waals surface area contributed by atoms with E-state index in [1.807, 2.05) is 11.8 Å². The van der Waals surface area contributed by atoms with Gasteiger partial charge in [0.25, 0.3) is 6.71 Å². The van der Waals surface area contributed by atoms with Crippen molar-refractivity contribution in [3.8, 4) is 0 Å². The van der Waals surface area contributed by atoms with Gasteiger partial charge in [-0.3, -0.25) is 0 Å². The summed E-state index contributed by atoms with van der Waals surface area (Å²) < 4.78 is 13.7. The molecule has 68 heavy (non-hydrogen) atoms. The fourth-order valence-electron chi connectivity index (χ4n) is 12.2. The number of anilines is 9. The van der Waals surface area contributed by atoms with Gasteiger partial charge in [0.2, 0.25) is 6.71 Å². The topological polar surface area (TPSA) is 36.0 Å². The normalized spacial score (nSPS) is 14.0. The summed E-state index contributed by atoms with van der Waals surface area (Å²) in [7, 11) is 0. The highest BCUT2D eigenvalue weighted by atomic mass is 32.2. The second kappa shape index (κ2) is 13.6. The first-order valence-corrected chi connectivity index (χ1v) is 24.1. The Morgan fingerprint density at radius 3 is 1.50 bits per heavy atom. The van der Waals surface area contributed by atoms with Crippen molar-refractivity contribution in [1.82, 2.24) is 0 Å². The summed E-state index contributed by atoms with van der Waals surface area (Å²) in [6.45, 7) is -0.143. The van der Waals surface area contributed by atoms with Crippen molar-refractivity contribution in [2.24, 2.45) is 0 Å². The molecule has 0 aliphatic carbocycles. The Kier molecular flexibility index (Phi) is 7.39. The summed E-state index contributed by atoms with van der Waals surface area (Å²) in [6.07, 6.45) is 0. The molecule has 0 amide bonds. The molecule has 6 heterocycles. The monoisotopic (exact) mass is 883 g/mol. The second-order valence-electron chi connectivity index (χ2n) is 18.3. The summed E-state index contributed by atoms with van der Waals surface area (Å²) in [5, 5.41) is 4.55. The lowest BCUT2D eigenvalue weighted by atomic mass is 9.30. The number of benzene rings is 10. The van der Waals surface area contributed by atoms with E-state index in [2.05, 4.69) is 227 Å². The van der Waals surface area contributed by atoms with E-state index in [0.29, 0.717) is 0 Å². The summed E-state index contributed by atoms with van der Waals surface area (Å²) in [4.78, 5) is 10.1.